The summed E-state index contributed by atoms with van der Waals surface area (Å²) in [7, 11) is 0. The summed E-state index contributed by atoms with van der Waals surface area (Å²) in [5.41, 5.74) is 0.725. The summed E-state index contributed by atoms with van der Waals surface area (Å²) in [5, 5.41) is 12.9. The monoisotopic (exact) mass is 358 g/mol. The number of nitrogens with one attached hydrogen (secondary N) is 1. The lowest BCUT2D eigenvalue weighted by Gasteiger charge is -2.23. The van der Waals surface area contributed by atoms with Crippen molar-refractivity contribution >= 4 is 29.1 Å². The molecular weight excluding hydrogens is 340 g/mol. The molecule has 0 aliphatic carbocycles. The maximum absolute atomic E-state index is 12.6. The van der Waals surface area contributed by atoms with Gasteiger partial charge in [0.1, 0.15) is 0 Å². The highest BCUT2D eigenvalue weighted by Crippen LogP contribution is 2.37. The van der Waals surface area contributed by atoms with Crippen molar-refractivity contribution in [1.29, 1.82) is 5.26 Å². The SMILES string of the molecule is N#CN1[C@H]2CC[C@@H]1[C@H](NC(=O)C1CC(=O)N(c3cccc(Cl)c3)C1)C2. The first kappa shape index (κ1) is 16.2. The Kier molecular flexibility index (Phi) is 4.04. The molecule has 25 heavy (non-hydrogen) atoms. The van der Waals surface area contributed by atoms with Crippen LogP contribution >= 0.6 is 11.6 Å². The second-order valence-electron chi connectivity index (χ2n) is 7.04. The van der Waals surface area contributed by atoms with Crippen molar-refractivity contribution in [2.45, 2.75) is 43.8 Å². The molecule has 6 nitrogen and oxygen atoms in total. The van der Waals surface area contributed by atoms with Gasteiger partial charge in [0.05, 0.1) is 18.0 Å². The Morgan fingerprint density at radius 1 is 1.36 bits per heavy atom. The van der Waals surface area contributed by atoms with E-state index in [1.807, 2.05) is 11.0 Å². The van der Waals surface area contributed by atoms with Crippen molar-refractivity contribution in [1.82, 2.24) is 10.2 Å². The molecule has 3 saturated heterocycles. The molecule has 0 saturated carbocycles. The van der Waals surface area contributed by atoms with E-state index in [0.29, 0.717) is 11.6 Å². The van der Waals surface area contributed by atoms with Crippen LogP contribution in [0.3, 0.4) is 0 Å². The Morgan fingerprint density at radius 3 is 2.92 bits per heavy atom. The Hall–Kier alpha value is -2.26. The molecule has 1 unspecified atom stereocenters. The number of anilines is 1. The Balaban J connectivity index is 1.41. The van der Waals surface area contributed by atoms with Crippen LogP contribution in [0.4, 0.5) is 5.69 Å². The summed E-state index contributed by atoms with van der Waals surface area (Å²) in [6.45, 7) is 0.369. The fourth-order valence-corrected chi connectivity index (χ4v) is 4.56. The zero-order valence-corrected chi connectivity index (χ0v) is 14.4. The van der Waals surface area contributed by atoms with Gasteiger partial charge in [-0.25, -0.2) is 0 Å². The van der Waals surface area contributed by atoms with Gasteiger partial charge in [-0.05, 0) is 37.5 Å². The summed E-state index contributed by atoms with van der Waals surface area (Å²) in [6.07, 6.45) is 5.25. The van der Waals surface area contributed by atoms with E-state index in [2.05, 4.69) is 11.5 Å². The minimum Gasteiger partial charge on any atom is -0.351 e. The third kappa shape index (κ3) is 2.83. The first-order valence-corrected chi connectivity index (χ1v) is 8.99. The second-order valence-corrected chi connectivity index (χ2v) is 7.48. The fourth-order valence-electron chi connectivity index (χ4n) is 4.38. The summed E-state index contributed by atoms with van der Waals surface area (Å²) < 4.78 is 0. The Morgan fingerprint density at radius 2 is 2.20 bits per heavy atom. The summed E-state index contributed by atoms with van der Waals surface area (Å²) >= 11 is 6.00. The number of hydrogen-bond acceptors (Lipinski definition) is 4. The lowest BCUT2D eigenvalue weighted by Crippen LogP contribution is -2.46. The van der Waals surface area contributed by atoms with Crippen LogP contribution in [0.1, 0.15) is 25.7 Å². The quantitative estimate of drug-likeness (QED) is 0.837. The predicted molar refractivity (Wildman–Crippen MR) is 92.7 cm³/mol. The molecule has 0 spiro atoms. The molecule has 2 amide bonds. The van der Waals surface area contributed by atoms with Crippen molar-refractivity contribution < 1.29 is 9.59 Å². The highest BCUT2D eigenvalue weighted by Gasteiger charge is 2.47. The summed E-state index contributed by atoms with van der Waals surface area (Å²) in [6, 6.07) is 7.50. The van der Waals surface area contributed by atoms with Crippen molar-refractivity contribution in [2.24, 2.45) is 5.92 Å². The highest BCUT2D eigenvalue weighted by atomic mass is 35.5. The maximum atomic E-state index is 12.6. The lowest BCUT2D eigenvalue weighted by atomic mass is 9.94. The number of fused-ring (bicyclic) bond motifs is 2. The van der Waals surface area contributed by atoms with Crippen molar-refractivity contribution in [2.75, 3.05) is 11.4 Å². The van der Waals surface area contributed by atoms with Crippen molar-refractivity contribution in [3.05, 3.63) is 29.3 Å². The van der Waals surface area contributed by atoms with Crippen LogP contribution in [0.5, 0.6) is 0 Å². The number of rotatable bonds is 3. The first-order chi connectivity index (χ1) is 12.1. The number of benzene rings is 1. The minimum absolute atomic E-state index is 0.0150. The Bertz CT molecular complexity index is 762. The first-order valence-electron chi connectivity index (χ1n) is 8.61. The molecule has 3 aliphatic heterocycles. The average molecular weight is 359 g/mol. The number of carbonyl (C=O) groups is 2. The molecule has 7 heteroatoms. The van der Waals surface area contributed by atoms with Gasteiger partial charge in [0.2, 0.25) is 11.8 Å². The molecule has 1 aromatic carbocycles. The fraction of sp³-hybridized carbons (Fsp3) is 0.500. The maximum Gasteiger partial charge on any atom is 0.227 e. The van der Waals surface area contributed by atoms with Crippen LogP contribution in [0.15, 0.2) is 24.3 Å². The molecule has 3 fully saturated rings. The highest BCUT2D eigenvalue weighted by molar-refractivity contribution is 6.31. The van der Waals surface area contributed by atoms with E-state index in [-0.39, 0.29) is 42.3 Å². The third-order valence-corrected chi connectivity index (χ3v) is 5.83. The number of carbonyl (C=O) groups excluding carboxylic acids is 2. The van der Waals surface area contributed by atoms with Crippen LogP contribution in [0, 0.1) is 17.4 Å². The van der Waals surface area contributed by atoms with Gasteiger partial charge in [-0.3, -0.25) is 9.59 Å². The molecule has 3 aliphatic rings. The lowest BCUT2D eigenvalue weighted by molar-refractivity contribution is -0.127. The van der Waals surface area contributed by atoms with Crippen LogP contribution < -0.4 is 10.2 Å². The van der Waals surface area contributed by atoms with E-state index in [1.54, 1.807) is 23.1 Å². The molecule has 1 N–H and O–H groups in total. The standard InChI is InChI=1S/C18H19ClN4O2/c19-12-2-1-3-13(7-12)22-9-11(6-17(22)24)18(25)21-15-8-14-4-5-16(15)23(14)10-20/h1-3,7,11,14-16H,4-6,8-9H2,(H,21,25)/t11?,14-,15+,16+/m0/s1. The van der Waals surface area contributed by atoms with Crippen LogP contribution in [0.25, 0.3) is 0 Å². The smallest absolute Gasteiger partial charge is 0.227 e. The molecule has 2 bridgehead atoms. The van der Waals surface area contributed by atoms with Gasteiger partial charge in [-0.1, -0.05) is 17.7 Å². The predicted octanol–water partition coefficient (Wildman–Crippen LogP) is 1.90. The molecule has 4 atom stereocenters. The van der Waals surface area contributed by atoms with Gasteiger partial charge in [-0.15, -0.1) is 0 Å². The molecule has 3 heterocycles. The van der Waals surface area contributed by atoms with Crippen LogP contribution in [-0.4, -0.2) is 41.4 Å². The van der Waals surface area contributed by atoms with E-state index >= 15 is 0 Å². The van der Waals surface area contributed by atoms with E-state index in [9.17, 15) is 14.9 Å². The molecule has 4 rings (SSSR count). The van der Waals surface area contributed by atoms with Gasteiger partial charge in [0.15, 0.2) is 6.19 Å². The number of amides is 2. The number of nitriles is 1. The summed E-state index contributed by atoms with van der Waals surface area (Å²) in [4.78, 5) is 28.4. The minimum atomic E-state index is -0.360. The van der Waals surface area contributed by atoms with E-state index in [1.165, 1.54) is 0 Å². The largest absolute Gasteiger partial charge is 0.351 e. The van der Waals surface area contributed by atoms with Crippen molar-refractivity contribution in [3.63, 3.8) is 0 Å². The average Bonchev–Trinajstić information content (AvgIpc) is 3.26. The van der Waals surface area contributed by atoms with Crippen molar-refractivity contribution in [3.8, 4) is 6.19 Å². The van der Waals surface area contributed by atoms with Gasteiger partial charge in [0.25, 0.3) is 0 Å². The van der Waals surface area contributed by atoms with E-state index in [4.69, 9.17) is 11.6 Å². The zero-order valence-electron chi connectivity index (χ0n) is 13.7. The normalized spacial score (nSPS) is 30.6. The number of halogens is 1. The molecule has 0 radical (unpaired) electrons. The third-order valence-electron chi connectivity index (χ3n) is 5.60. The Labute approximate surface area is 151 Å². The second kappa shape index (κ2) is 6.23. The molecule has 130 valence electrons. The number of hydrogen-bond donors (Lipinski definition) is 1. The zero-order chi connectivity index (χ0) is 17.6. The summed E-state index contributed by atoms with van der Waals surface area (Å²) in [5.74, 6) is -0.511. The molecule has 0 aromatic heterocycles. The topological polar surface area (TPSA) is 76.4 Å². The van der Waals surface area contributed by atoms with Crippen LogP contribution in [0.2, 0.25) is 5.02 Å². The van der Waals surface area contributed by atoms with E-state index in [0.717, 1.165) is 24.9 Å². The molecule has 1 aromatic rings. The number of nitrogens with zero attached hydrogens (tertiary/aromatic N) is 3. The van der Waals surface area contributed by atoms with Crippen LogP contribution in [-0.2, 0) is 9.59 Å². The van der Waals surface area contributed by atoms with Gasteiger partial charge >= 0.3 is 0 Å². The van der Waals surface area contributed by atoms with E-state index < -0.39 is 0 Å². The van der Waals surface area contributed by atoms with Gasteiger partial charge in [-0.2, -0.15) is 5.26 Å². The van der Waals surface area contributed by atoms with Gasteiger partial charge < -0.3 is 15.1 Å². The molecular formula is C18H19ClN4O2. The van der Waals surface area contributed by atoms with Gasteiger partial charge in [0, 0.05) is 29.7 Å².